The van der Waals surface area contributed by atoms with E-state index in [1.165, 1.54) is 16.9 Å². The van der Waals surface area contributed by atoms with Gasteiger partial charge in [0.1, 0.15) is 0 Å². The summed E-state index contributed by atoms with van der Waals surface area (Å²) in [5.41, 5.74) is 2.68. The number of nitrogens with zero attached hydrogens (tertiary/aromatic N) is 1. The second-order valence-electron chi connectivity index (χ2n) is 6.83. The highest BCUT2D eigenvalue weighted by atomic mass is 32.1. The lowest BCUT2D eigenvalue weighted by atomic mass is 9.72. The Kier molecular flexibility index (Phi) is 4.58. The molecule has 1 aliphatic rings. The van der Waals surface area contributed by atoms with Crippen molar-refractivity contribution in [1.82, 2.24) is 4.90 Å². The van der Waals surface area contributed by atoms with Crippen molar-refractivity contribution in [3.63, 3.8) is 0 Å². The van der Waals surface area contributed by atoms with Crippen LogP contribution in [0.25, 0.3) is 0 Å². The summed E-state index contributed by atoms with van der Waals surface area (Å²) >= 11 is 1.79. The van der Waals surface area contributed by atoms with Crippen LogP contribution < -0.4 is 0 Å². The first-order chi connectivity index (χ1) is 9.38. The largest absolute Gasteiger partial charge is 0.339 e. The Hall–Kier alpha value is -0.830. The van der Waals surface area contributed by atoms with Gasteiger partial charge in [0.25, 0.3) is 5.91 Å². The highest BCUT2D eigenvalue weighted by Gasteiger charge is 2.32. The highest BCUT2D eigenvalue weighted by Crippen LogP contribution is 2.40. The summed E-state index contributed by atoms with van der Waals surface area (Å²) in [5.74, 6) is 0.965. The first-order valence-electron chi connectivity index (χ1n) is 7.77. The molecule has 0 spiro atoms. The SMILES string of the molecule is CCN(CC)C(=O)c1csc2c1CCC(C(C)(C)C)C2. The number of thiophene rings is 1. The minimum atomic E-state index is 0.224. The lowest BCUT2D eigenvalue weighted by Gasteiger charge is -2.34. The van der Waals surface area contributed by atoms with Gasteiger partial charge >= 0.3 is 0 Å². The molecule has 20 heavy (non-hydrogen) atoms. The maximum Gasteiger partial charge on any atom is 0.254 e. The van der Waals surface area contributed by atoms with Crippen molar-refractivity contribution in [3.8, 4) is 0 Å². The molecule has 1 heterocycles. The van der Waals surface area contributed by atoms with E-state index in [1.807, 2.05) is 4.90 Å². The molecule has 0 bridgehead atoms. The summed E-state index contributed by atoms with van der Waals surface area (Å²) in [6.45, 7) is 12.7. The lowest BCUT2D eigenvalue weighted by molar-refractivity contribution is 0.0772. The lowest BCUT2D eigenvalue weighted by Crippen LogP contribution is -2.32. The van der Waals surface area contributed by atoms with Gasteiger partial charge in [-0.25, -0.2) is 0 Å². The van der Waals surface area contributed by atoms with Crippen LogP contribution in [-0.2, 0) is 12.8 Å². The number of rotatable bonds is 3. The molecule has 0 fully saturated rings. The molecule has 0 saturated heterocycles. The normalized spacial score (nSPS) is 18.8. The van der Waals surface area contributed by atoms with Gasteiger partial charge in [0.05, 0.1) is 5.56 Å². The molecule has 1 amide bonds. The van der Waals surface area contributed by atoms with Crippen molar-refractivity contribution in [2.45, 2.75) is 53.9 Å². The monoisotopic (exact) mass is 293 g/mol. The van der Waals surface area contributed by atoms with Gasteiger partial charge < -0.3 is 4.90 Å². The molecule has 3 heteroatoms. The van der Waals surface area contributed by atoms with Crippen LogP contribution in [0, 0.1) is 11.3 Å². The molecule has 1 atom stereocenters. The molecule has 1 aliphatic carbocycles. The molecule has 0 aromatic carbocycles. The summed E-state index contributed by atoms with van der Waals surface area (Å²) in [5, 5.41) is 2.09. The zero-order valence-corrected chi connectivity index (χ0v) is 14.3. The fourth-order valence-electron chi connectivity index (χ4n) is 3.11. The zero-order valence-electron chi connectivity index (χ0n) is 13.5. The van der Waals surface area contributed by atoms with Gasteiger partial charge in [-0.3, -0.25) is 4.79 Å². The third kappa shape index (κ3) is 2.93. The molecule has 0 saturated carbocycles. The number of hydrogen-bond acceptors (Lipinski definition) is 2. The number of carbonyl (C=O) groups is 1. The van der Waals surface area contributed by atoms with E-state index < -0.39 is 0 Å². The first kappa shape index (κ1) is 15.6. The number of carbonyl (C=O) groups excluding carboxylic acids is 1. The molecule has 112 valence electrons. The molecule has 1 aromatic rings. The summed E-state index contributed by atoms with van der Waals surface area (Å²) in [7, 11) is 0. The number of amides is 1. The predicted molar refractivity (Wildman–Crippen MR) is 86.5 cm³/mol. The van der Waals surface area contributed by atoms with Gasteiger partial charge in [0, 0.05) is 23.3 Å². The van der Waals surface area contributed by atoms with Crippen LogP contribution in [0.2, 0.25) is 0 Å². The summed E-state index contributed by atoms with van der Waals surface area (Å²) in [4.78, 5) is 15.9. The number of hydrogen-bond donors (Lipinski definition) is 0. The number of fused-ring (bicyclic) bond motifs is 1. The Bertz CT molecular complexity index is 480. The molecule has 2 nitrogen and oxygen atoms in total. The zero-order chi connectivity index (χ0) is 14.9. The third-order valence-corrected chi connectivity index (χ3v) is 5.71. The van der Waals surface area contributed by atoms with Crippen molar-refractivity contribution in [3.05, 3.63) is 21.4 Å². The van der Waals surface area contributed by atoms with Crippen LogP contribution in [0.3, 0.4) is 0 Å². The van der Waals surface area contributed by atoms with E-state index >= 15 is 0 Å². The smallest absolute Gasteiger partial charge is 0.254 e. The van der Waals surface area contributed by atoms with E-state index in [9.17, 15) is 4.79 Å². The second kappa shape index (κ2) is 5.88. The fraction of sp³-hybridized carbons (Fsp3) is 0.706. The molecular weight excluding hydrogens is 266 g/mol. The Morgan fingerprint density at radius 3 is 2.55 bits per heavy atom. The van der Waals surface area contributed by atoms with E-state index in [2.05, 4.69) is 40.0 Å². The molecule has 2 rings (SSSR count). The topological polar surface area (TPSA) is 20.3 Å². The van der Waals surface area contributed by atoms with Crippen LogP contribution in [0.15, 0.2) is 5.38 Å². The standard InChI is InChI=1S/C17H27NOS/c1-6-18(7-2)16(19)14-11-20-15-10-12(17(3,4)5)8-9-13(14)15/h11-12H,6-10H2,1-5H3. The van der Waals surface area contributed by atoms with E-state index in [0.29, 0.717) is 5.41 Å². The third-order valence-electron chi connectivity index (χ3n) is 4.66. The Balaban J connectivity index is 2.22. The van der Waals surface area contributed by atoms with Gasteiger partial charge in [-0.1, -0.05) is 20.8 Å². The average molecular weight is 293 g/mol. The molecule has 0 N–H and O–H groups in total. The van der Waals surface area contributed by atoms with Crippen LogP contribution in [-0.4, -0.2) is 23.9 Å². The fourth-order valence-corrected chi connectivity index (χ4v) is 4.27. The van der Waals surface area contributed by atoms with Crippen molar-refractivity contribution in [1.29, 1.82) is 0 Å². The Morgan fingerprint density at radius 2 is 2.00 bits per heavy atom. The Labute approximate surface area is 127 Å². The van der Waals surface area contributed by atoms with E-state index in [1.54, 1.807) is 11.3 Å². The van der Waals surface area contributed by atoms with Crippen molar-refractivity contribution >= 4 is 17.2 Å². The molecule has 1 aromatic heterocycles. The second-order valence-corrected chi connectivity index (χ2v) is 7.80. The molecule has 0 radical (unpaired) electrons. The van der Waals surface area contributed by atoms with Crippen LogP contribution in [0.4, 0.5) is 0 Å². The van der Waals surface area contributed by atoms with Crippen LogP contribution in [0.5, 0.6) is 0 Å². The Morgan fingerprint density at radius 1 is 1.35 bits per heavy atom. The minimum absolute atomic E-state index is 0.224. The maximum absolute atomic E-state index is 12.6. The van der Waals surface area contributed by atoms with E-state index in [-0.39, 0.29) is 5.91 Å². The first-order valence-corrected chi connectivity index (χ1v) is 8.64. The van der Waals surface area contributed by atoms with Crippen LogP contribution >= 0.6 is 11.3 Å². The van der Waals surface area contributed by atoms with Gasteiger partial charge in [-0.2, -0.15) is 0 Å². The van der Waals surface area contributed by atoms with Gasteiger partial charge in [0.2, 0.25) is 0 Å². The average Bonchev–Trinajstić information content (AvgIpc) is 2.81. The maximum atomic E-state index is 12.6. The van der Waals surface area contributed by atoms with Crippen molar-refractivity contribution < 1.29 is 4.79 Å². The predicted octanol–water partition coefficient (Wildman–Crippen LogP) is 4.38. The van der Waals surface area contributed by atoms with E-state index in [4.69, 9.17) is 0 Å². The summed E-state index contributed by atoms with van der Waals surface area (Å²) < 4.78 is 0. The molecular formula is C17H27NOS. The van der Waals surface area contributed by atoms with Gasteiger partial charge in [0.15, 0.2) is 0 Å². The van der Waals surface area contributed by atoms with E-state index in [0.717, 1.165) is 37.4 Å². The van der Waals surface area contributed by atoms with Crippen molar-refractivity contribution in [2.24, 2.45) is 11.3 Å². The van der Waals surface area contributed by atoms with Gasteiger partial charge in [-0.15, -0.1) is 11.3 Å². The van der Waals surface area contributed by atoms with Crippen LogP contribution in [0.1, 0.15) is 61.8 Å². The highest BCUT2D eigenvalue weighted by molar-refractivity contribution is 7.10. The quantitative estimate of drug-likeness (QED) is 0.810. The molecule has 1 unspecified atom stereocenters. The molecule has 0 aliphatic heterocycles. The summed E-state index contributed by atoms with van der Waals surface area (Å²) in [6, 6.07) is 0. The van der Waals surface area contributed by atoms with Crippen molar-refractivity contribution in [2.75, 3.05) is 13.1 Å². The summed E-state index contributed by atoms with van der Waals surface area (Å²) in [6.07, 6.45) is 3.43. The van der Waals surface area contributed by atoms with Gasteiger partial charge in [-0.05, 0) is 50.0 Å². The minimum Gasteiger partial charge on any atom is -0.339 e.